The molecule has 6 atom stereocenters. The minimum atomic E-state index is -0.201. The van der Waals surface area contributed by atoms with Crippen molar-refractivity contribution in [3.05, 3.63) is 29.6 Å². The summed E-state index contributed by atoms with van der Waals surface area (Å²) in [6.45, 7) is 11.3. The summed E-state index contributed by atoms with van der Waals surface area (Å²) in [7, 11) is 0. The summed E-state index contributed by atoms with van der Waals surface area (Å²) < 4.78 is 5.61. The lowest BCUT2D eigenvalue weighted by Crippen LogP contribution is -2.52. The fraction of sp³-hybridized carbons (Fsp3) is 0.739. The van der Waals surface area contributed by atoms with Crippen molar-refractivity contribution >= 4 is 5.97 Å². The van der Waals surface area contributed by atoms with Gasteiger partial charge in [0, 0.05) is 25.1 Å². The molecule has 154 valence electrons. The minimum Gasteiger partial charge on any atom is -0.466 e. The first-order valence-electron chi connectivity index (χ1n) is 10.7. The van der Waals surface area contributed by atoms with Crippen LogP contribution < -0.4 is 0 Å². The summed E-state index contributed by atoms with van der Waals surface area (Å²) in [5, 5.41) is 17.6. The SMILES string of the molecule is C=C1CC[C@H]2[C@H](COC(C)=O)[C@@H]([C@@]3(C)Cc4cn[nH]c4C[C@@H]3CO)CC[C@]12C. The summed E-state index contributed by atoms with van der Waals surface area (Å²) in [4.78, 5) is 11.6. The number of carbonyl (C=O) groups is 1. The molecule has 2 fully saturated rings. The van der Waals surface area contributed by atoms with Gasteiger partial charge in [-0.2, -0.15) is 5.10 Å². The van der Waals surface area contributed by atoms with Gasteiger partial charge in [0.05, 0.1) is 12.8 Å². The third kappa shape index (κ3) is 2.94. The van der Waals surface area contributed by atoms with Crippen molar-refractivity contribution in [2.24, 2.45) is 34.5 Å². The quantitative estimate of drug-likeness (QED) is 0.611. The number of aliphatic hydroxyl groups is 1. The number of esters is 1. The number of aromatic amines is 1. The van der Waals surface area contributed by atoms with Crippen LogP contribution in [-0.2, 0) is 22.4 Å². The molecule has 0 bridgehead atoms. The molecule has 0 aliphatic heterocycles. The smallest absolute Gasteiger partial charge is 0.302 e. The largest absolute Gasteiger partial charge is 0.466 e. The van der Waals surface area contributed by atoms with E-state index in [4.69, 9.17) is 4.74 Å². The monoisotopic (exact) mass is 386 g/mol. The number of ether oxygens (including phenoxy) is 1. The number of nitrogens with one attached hydrogen (secondary N) is 1. The van der Waals surface area contributed by atoms with Gasteiger partial charge in [-0.25, -0.2) is 0 Å². The van der Waals surface area contributed by atoms with Gasteiger partial charge in [-0.1, -0.05) is 26.0 Å². The number of carbonyl (C=O) groups excluding carboxylic acids is 1. The number of nitrogens with zero attached hydrogens (tertiary/aromatic N) is 1. The van der Waals surface area contributed by atoms with Gasteiger partial charge >= 0.3 is 5.97 Å². The van der Waals surface area contributed by atoms with Crippen LogP contribution in [0.3, 0.4) is 0 Å². The third-order valence-corrected chi connectivity index (χ3v) is 8.70. The number of hydrogen-bond acceptors (Lipinski definition) is 4. The Hall–Kier alpha value is -1.62. The second-order valence-electron chi connectivity index (χ2n) is 9.92. The van der Waals surface area contributed by atoms with Gasteiger partial charge in [0.2, 0.25) is 0 Å². The van der Waals surface area contributed by atoms with Crippen molar-refractivity contribution in [3.8, 4) is 0 Å². The first kappa shape index (κ1) is 19.7. The molecule has 0 aromatic carbocycles. The number of hydrogen-bond donors (Lipinski definition) is 2. The second kappa shape index (κ2) is 7.01. The zero-order valence-electron chi connectivity index (χ0n) is 17.5. The Morgan fingerprint density at radius 2 is 2.18 bits per heavy atom. The van der Waals surface area contributed by atoms with Crippen LogP contribution >= 0.6 is 0 Å². The molecule has 0 unspecified atom stereocenters. The Labute approximate surface area is 167 Å². The molecule has 28 heavy (non-hydrogen) atoms. The lowest BCUT2D eigenvalue weighted by molar-refractivity contribution is -0.148. The topological polar surface area (TPSA) is 75.2 Å². The molecule has 0 amide bonds. The van der Waals surface area contributed by atoms with E-state index < -0.39 is 0 Å². The maximum Gasteiger partial charge on any atom is 0.302 e. The molecule has 5 nitrogen and oxygen atoms in total. The number of H-pyrrole nitrogens is 1. The van der Waals surface area contributed by atoms with Gasteiger partial charge in [-0.15, -0.1) is 0 Å². The standard InChI is InChI=1S/C23H34N2O3/c1-14-5-6-19-18(13-28-15(2)27)20(7-8-22(14,19)3)23(4)10-16-11-24-25-21(16)9-17(23)12-26/h11,17-20,26H,1,5-10,12-13H2,2-4H3,(H,24,25)/t17-,18+,19+,20+,22-,23+/m1/s1. The van der Waals surface area contributed by atoms with E-state index in [0.29, 0.717) is 24.4 Å². The van der Waals surface area contributed by atoms with E-state index in [9.17, 15) is 9.90 Å². The number of aromatic nitrogens is 2. The number of fused-ring (bicyclic) bond motifs is 2. The summed E-state index contributed by atoms with van der Waals surface area (Å²) in [6.07, 6.45) is 8.17. The molecule has 5 heteroatoms. The van der Waals surface area contributed by atoms with Crippen LogP contribution in [0, 0.1) is 34.5 Å². The predicted octanol–water partition coefficient (Wildman–Crippen LogP) is 3.68. The highest BCUT2D eigenvalue weighted by Crippen LogP contribution is 2.62. The van der Waals surface area contributed by atoms with E-state index in [1.165, 1.54) is 23.8 Å². The maximum atomic E-state index is 11.6. The Kier molecular flexibility index (Phi) is 4.93. The van der Waals surface area contributed by atoms with Crippen molar-refractivity contribution < 1.29 is 14.6 Å². The summed E-state index contributed by atoms with van der Waals surface area (Å²) in [5.74, 6) is 1.22. The molecule has 3 aliphatic rings. The summed E-state index contributed by atoms with van der Waals surface area (Å²) in [5.41, 5.74) is 3.95. The van der Waals surface area contributed by atoms with Gasteiger partial charge in [0.25, 0.3) is 0 Å². The molecule has 1 aromatic rings. The highest BCUT2D eigenvalue weighted by Gasteiger charge is 2.57. The maximum absolute atomic E-state index is 11.6. The Morgan fingerprint density at radius 3 is 2.89 bits per heavy atom. The average molecular weight is 387 g/mol. The number of rotatable bonds is 4. The molecule has 1 heterocycles. The highest BCUT2D eigenvalue weighted by molar-refractivity contribution is 5.65. The van der Waals surface area contributed by atoms with Gasteiger partial charge in [-0.05, 0) is 72.7 Å². The normalized spacial score (nSPS) is 40.1. The van der Waals surface area contributed by atoms with E-state index in [0.717, 1.165) is 38.5 Å². The Balaban J connectivity index is 1.69. The van der Waals surface area contributed by atoms with E-state index in [2.05, 4.69) is 30.6 Å². The van der Waals surface area contributed by atoms with E-state index >= 15 is 0 Å². The van der Waals surface area contributed by atoms with Crippen molar-refractivity contribution in [1.29, 1.82) is 0 Å². The highest BCUT2D eigenvalue weighted by atomic mass is 16.5. The van der Waals surface area contributed by atoms with Crippen LogP contribution in [0.25, 0.3) is 0 Å². The van der Waals surface area contributed by atoms with Crippen molar-refractivity contribution in [1.82, 2.24) is 10.2 Å². The van der Waals surface area contributed by atoms with Crippen LogP contribution in [0.2, 0.25) is 0 Å². The second-order valence-corrected chi connectivity index (χ2v) is 9.92. The molecular formula is C23H34N2O3. The third-order valence-electron chi connectivity index (χ3n) is 8.70. The molecular weight excluding hydrogens is 352 g/mol. The Bertz CT molecular complexity index is 772. The number of aliphatic hydroxyl groups excluding tert-OH is 1. The zero-order chi connectivity index (χ0) is 20.1. The van der Waals surface area contributed by atoms with Gasteiger partial charge in [0.15, 0.2) is 0 Å². The summed E-state index contributed by atoms with van der Waals surface area (Å²) >= 11 is 0. The lowest BCUT2D eigenvalue weighted by atomic mass is 9.49. The van der Waals surface area contributed by atoms with Crippen LogP contribution in [0.4, 0.5) is 0 Å². The van der Waals surface area contributed by atoms with Crippen molar-refractivity contribution in [3.63, 3.8) is 0 Å². The van der Waals surface area contributed by atoms with E-state index in [-0.39, 0.29) is 29.3 Å². The van der Waals surface area contributed by atoms with Gasteiger partial charge in [-0.3, -0.25) is 9.89 Å². The molecule has 3 aliphatic carbocycles. The van der Waals surface area contributed by atoms with E-state index in [1.807, 2.05) is 6.20 Å². The Morgan fingerprint density at radius 1 is 1.39 bits per heavy atom. The molecule has 2 saturated carbocycles. The average Bonchev–Trinajstić information content (AvgIpc) is 3.22. The molecule has 2 N–H and O–H groups in total. The van der Waals surface area contributed by atoms with Crippen molar-refractivity contribution in [2.45, 2.75) is 59.3 Å². The van der Waals surface area contributed by atoms with Crippen LogP contribution in [0.15, 0.2) is 18.3 Å². The van der Waals surface area contributed by atoms with Crippen molar-refractivity contribution in [2.75, 3.05) is 13.2 Å². The van der Waals surface area contributed by atoms with Crippen LogP contribution in [0.5, 0.6) is 0 Å². The summed E-state index contributed by atoms with van der Waals surface area (Å²) in [6, 6.07) is 0. The fourth-order valence-corrected chi connectivity index (χ4v) is 6.87. The van der Waals surface area contributed by atoms with Gasteiger partial charge in [0.1, 0.15) is 0 Å². The first-order chi connectivity index (χ1) is 13.3. The molecule has 0 radical (unpaired) electrons. The molecule has 0 saturated heterocycles. The molecule has 4 rings (SSSR count). The number of allylic oxidation sites excluding steroid dienone is 1. The van der Waals surface area contributed by atoms with Crippen LogP contribution in [-0.4, -0.2) is 34.5 Å². The molecule has 1 aromatic heterocycles. The first-order valence-corrected chi connectivity index (χ1v) is 10.7. The van der Waals surface area contributed by atoms with E-state index in [1.54, 1.807) is 0 Å². The lowest BCUT2D eigenvalue weighted by Gasteiger charge is -2.55. The molecule has 0 spiro atoms. The van der Waals surface area contributed by atoms with Gasteiger partial charge < -0.3 is 9.84 Å². The zero-order valence-corrected chi connectivity index (χ0v) is 17.5. The van der Waals surface area contributed by atoms with Crippen LogP contribution in [0.1, 0.15) is 57.7 Å². The fourth-order valence-electron chi connectivity index (χ4n) is 6.87. The minimum absolute atomic E-state index is 0.0261. The predicted molar refractivity (Wildman–Crippen MR) is 107 cm³/mol.